The molecule has 0 spiro atoms. The maximum absolute atomic E-state index is 13.4. The number of hydrogen-bond acceptors (Lipinski definition) is 4. The Morgan fingerprint density at radius 3 is 2.70 bits per heavy atom. The molecule has 1 unspecified atom stereocenters. The molecule has 2 amide bonds. The number of amides is 2. The second-order valence-corrected chi connectivity index (χ2v) is 4.87. The van der Waals surface area contributed by atoms with Crippen LogP contribution in [0.5, 0.6) is 0 Å². The minimum Gasteiger partial charge on any atom is -0.467 e. The number of aryl methyl sites for hydroxylation is 1. The topological polar surface area (TPSA) is 80.6 Å². The van der Waals surface area contributed by atoms with Gasteiger partial charge in [-0.3, -0.25) is 9.59 Å². The zero-order valence-electron chi connectivity index (χ0n) is 12.8. The first-order valence-corrected chi connectivity index (χ1v) is 6.92. The number of carbonyl (C=O) groups excluding carboxylic acids is 2. The van der Waals surface area contributed by atoms with Crippen molar-refractivity contribution in [1.29, 1.82) is 0 Å². The summed E-state index contributed by atoms with van der Waals surface area (Å²) in [5.41, 5.74) is 0.663. The number of carbonyl (C=O) groups is 2. The van der Waals surface area contributed by atoms with Gasteiger partial charge in [-0.1, -0.05) is 6.07 Å². The van der Waals surface area contributed by atoms with Gasteiger partial charge in [0.2, 0.25) is 0 Å². The monoisotopic (exact) mass is 320 g/mol. The molecule has 0 aliphatic heterocycles. The van der Waals surface area contributed by atoms with Gasteiger partial charge in [0.05, 0.1) is 12.8 Å². The second kappa shape index (κ2) is 7.55. The Hall–Kier alpha value is -2.67. The Bertz CT molecular complexity index is 685. The molecule has 2 rings (SSSR count). The fourth-order valence-electron chi connectivity index (χ4n) is 1.90. The van der Waals surface area contributed by atoms with Gasteiger partial charge in [-0.15, -0.1) is 0 Å². The predicted octanol–water partition coefficient (Wildman–Crippen LogP) is 2.17. The summed E-state index contributed by atoms with van der Waals surface area (Å²) >= 11 is 0. The largest absolute Gasteiger partial charge is 0.467 e. The lowest BCUT2D eigenvalue weighted by Crippen LogP contribution is -2.37. The molecule has 2 aromatic rings. The van der Waals surface area contributed by atoms with Crippen LogP contribution in [0, 0.1) is 12.7 Å². The van der Waals surface area contributed by atoms with Crippen LogP contribution in [0.2, 0.25) is 0 Å². The SMILES string of the molecule is COC(CNC(=O)C(=O)Nc1ccc(C)c(F)c1)c1ccco1. The Labute approximate surface area is 132 Å². The van der Waals surface area contributed by atoms with E-state index >= 15 is 0 Å². The summed E-state index contributed by atoms with van der Waals surface area (Å²) in [6.45, 7) is 1.67. The quantitative estimate of drug-likeness (QED) is 0.827. The molecular formula is C16H17FN2O4. The minimum atomic E-state index is -0.887. The Morgan fingerprint density at radius 2 is 2.09 bits per heavy atom. The molecule has 0 aliphatic carbocycles. The van der Waals surface area contributed by atoms with Gasteiger partial charge in [0.1, 0.15) is 17.7 Å². The van der Waals surface area contributed by atoms with Gasteiger partial charge in [0, 0.05) is 12.8 Å². The first-order chi connectivity index (χ1) is 11.0. The molecule has 7 heteroatoms. The van der Waals surface area contributed by atoms with Crippen LogP contribution in [0.1, 0.15) is 17.4 Å². The highest BCUT2D eigenvalue weighted by Gasteiger charge is 2.18. The number of anilines is 1. The Kier molecular flexibility index (Phi) is 5.48. The number of methoxy groups -OCH3 is 1. The fraction of sp³-hybridized carbons (Fsp3) is 0.250. The van der Waals surface area contributed by atoms with Crippen LogP contribution in [0.4, 0.5) is 10.1 Å². The number of halogens is 1. The molecule has 0 saturated heterocycles. The molecule has 122 valence electrons. The molecule has 1 atom stereocenters. The zero-order valence-corrected chi connectivity index (χ0v) is 12.8. The summed E-state index contributed by atoms with van der Waals surface area (Å²) in [6.07, 6.45) is 0.987. The molecule has 0 bridgehead atoms. The molecule has 1 aromatic heterocycles. The van der Waals surface area contributed by atoms with Crippen LogP contribution in [0.15, 0.2) is 41.0 Å². The number of hydrogen-bond donors (Lipinski definition) is 2. The Balaban J connectivity index is 1.89. The van der Waals surface area contributed by atoms with Crippen molar-refractivity contribution < 1.29 is 23.1 Å². The highest BCUT2D eigenvalue weighted by Crippen LogP contribution is 2.16. The van der Waals surface area contributed by atoms with Crippen molar-refractivity contribution in [2.75, 3.05) is 19.0 Å². The summed E-state index contributed by atoms with van der Waals surface area (Å²) in [6, 6.07) is 7.59. The number of furan rings is 1. The second-order valence-electron chi connectivity index (χ2n) is 4.87. The Morgan fingerprint density at radius 1 is 1.30 bits per heavy atom. The predicted molar refractivity (Wildman–Crippen MR) is 81.2 cm³/mol. The molecule has 0 aliphatic rings. The van der Waals surface area contributed by atoms with E-state index < -0.39 is 23.7 Å². The summed E-state index contributed by atoms with van der Waals surface area (Å²) < 4.78 is 23.8. The van der Waals surface area contributed by atoms with Gasteiger partial charge in [0.15, 0.2) is 0 Å². The zero-order chi connectivity index (χ0) is 16.8. The van der Waals surface area contributed by atoms with Gasteiger partial charge >= 0.3 is 11.8 Å². The van der Waals surface area contributed by atoms with E-state index in [1.165, 1.54) is 25.5 Å². The number of nitrogens with one attached hydrogen (secondary N) is 2. The van der Waals surface area contributed by atoms with Crippen LogP contribution >= 0.6 is 0 Å². The number of ether oxygens (including phenoxy) is 1. The van der Waals surface area contributed by atoms with Gasteiger partial charge in [-0.25, -0.2) is 4.39 Å². The third-order valence-electron chi connectivity index (χ3n) is 3.23. The first-order valence-electron chi connectivity index (χ1n) is 6.92. The van der Waals surface area contributed by atoms with Crippen molar-refractivity contribution >= 4 is 17.5 Å². The highest BCUT2D eigenvalue weighted by atomic mass is 19.1. The molecule has 1 heterocycles. The summed E-state index contributed by atoms with van der Waals surface area (Å²) in [4.78, 5) is 23.6. The molecule has 1 aromatic carbocycles. The first kappa shape index (κ1) is 16.7. The lowest BCUT2D eigenvalue weighted by atomic mass is 10.2. The molecular weight excluding hydrogens is 303 g/mol. The van der Waals surface area contributed by atoms with Crippen LogP contribution < -0.4 is 10.6 Å². The van der Waals surface area contributed by atoms with Gasteiger partial charge < -0.3 is 19.8 Å². The maximum Gasteiger partial charge on any atom is 0.313 e. The summed E-state index contributed by atoms with van der Waals surface area (Å²) in [5, 5.41) is 4.77. The van der Waals surface area contributed by atoms with Crippen molar-refractivity contribution in [2.24, 2.45) is 0 Å². The van der Waals surface area contributed by atoms with Crippen LogP contribution in [0.3, 0.4) is 0 Å². The van der Waals surface area contributed by atoms with Crippen molar-refractivity contribution in [3.8, 4) is 0 Å². The molecule has 6 nitrogen and oxygen atoms in total. The standard InChI is InChI=1S/C16H17FN2O4/c1-10-5-6-11(8-12(10)17)19-16(21)15(20)18-9-14(22-2)13-4-3-7-23-13/h3-8,14H,9H2,1-2H3,(H,18,20)(H,19,21). The maximum atomic E-state index is 13.4. The third-order valence-corrected chi connectivity index (χ3v) is 3.23. The average molecular weight is 320 g/mol. The van der Waals surface area contributed by atoms with Crippen molar-refractivity contribution in [1.82, 2.24) is 5.32 Å². The van der Waals surface area contributed by atoms with E-state index in [0.717, 1.165) is 6.07 Å². The molecule has 23 heavy (non-hydrogen) atoms. The van der Waals surface area contributed by atoms with Crippen molar-refractivity contribution in [3.63, 3.8) is 0 Å². The average Bonchev–Trinajstić information content (AvgIpc) is 3.05. The number of rotatable bonds is 5. The lowest BCUT2D eigenvalue weighted by Gasteiger charge is -2.13. The highest BCUT2D eigenvalue weighted by molar-refractivity contribution is 6.39. The van der Waals surface area contributed by atoms with Crippen LogP contribution in [0.25, 0.3) is 0 Å². The van der Waals surface area contributed by atoms with E-state index in [0.29, 0.717) is 11.3 Å². The van der Waals surface area contributed by atoms with Crippen LogP contribution in [-0.2, 0) is 14.3 Å². The smallest absolute Gasteiger partial charge is 0.313 e. The normalized spacial score (nSPS) is 11.8. The third kappa shape index (κ3) is 4.40. The van der Waals surface area contributed by atoms with Gasteiger partial charge in [-0.05, 0) is 36.8 Å². The van der Waals surface area contributed by atoms with Crippen LogP contribution in [-0.4, -0.2) is 25.5 Å². The van der Waals surface area contributed by atoms with E-state index in [9.17, 15) is 14.0 Å². The van der Waals surface area contributed by atoms with E-state index in [4.69, 9.17) is 9.15 Å². The molecule has 0 saturated carbocycles. The summed E-state index contributed by atoms with van der Waals surface area (Å²) in [5.74, 6) is -1.66. The summed E-state index contributed by atoms with van der Waals surface area (Å²) in [7, 11) is 1.47. The van der Waals surface area contributed by atoms with Crippen molar-refractivity contribution in [3.05, 3.63) is 53.7 Å². The van der Waals surface area contributed by atoms with E-state index in [1.807, 2.05) is 0 Å². The molecule has 0 radical (unpaired) electrons. The molecule has 2 N–H and O–H groups in total. The van der Waals surface area contributed by atoms with Gasteiger partial charge in [0.25, 0.3) is 0 Å². The van der Waals surface area contributed by atoms with E-state index in [1.54, 1.807) is 19.1 Å². The van der Waals surface area contributed by atoms with Crippen molar-refractivity contribution in [2.45, 2.75) is 13.0 Å². The van der Waals surface area contributed by atoms with E-state index in [2.05, 4.69) is 10.6 Å². The van der Waals surface area contributed by atoms with Gasteiger partial charge in [-0.2, -0.15) is 0 Å². The van der Waals surface area contributed by atoms with E-state index in [-0.39, 0.29) is 12.2 Å². The molecule has 0 fully saturated rings. The number of benzene rings is 1. The lowest BCUT2D eigenvalue weighted by molar-refractivity contribution is -0.136. The fourth-order valence-corrected chi connectivity index (χ4v) is 1.90. The minimum absolute atomic E-state index is 0.0680.